The highest BCUT2D eigenvalue weighted by Gasteiger charge is 2.30. The number of fused-ring (bicyclic) bond motifs is 2. The van der Waals surface area contributed by atoms with E-state index in [9.17, 15) is 4.79 Å². The van der Waals surface area contributed by atoms with Gasteiger partial charge in [-0.1, -0.05) is 6.07 Å². The highest BCUT2D eigenvalue weighted by Crippen LogP contribution is 2.40. The van der Waals surface area contributed by atoms with Gasteiger partial charge in [0.05, 0.1) is 12.2 Å². The van der Waals surface area contributed by atoms with Gasteiger partial charge in [-0.15, -0.1) is 0 Å². The molecule has 1 saturated carbocycles. The van der Waals surface area contributed by atoms with Gasteiger partial charge in [0.2, 0.25) is 5.91 Å². The molecule has 1 amide bonds. The van der Waals surface area contributed by atoms with Crippen LogP contribution < -0.4 is 4.90 Å². The van der Waals surface area contributed by atoms with Crippen LogP contribution in [0.25, 0.3) is 11.1 Å². The molecule has 0 spiro atoms. The van der Waals surface area contributed by atoms with E-state index >= 15 is 0 Å². The molecule has 7 nitrogen and oxygen atoms in total. The quantitative estimate of drug-likeness (QED) is 0.626. The van der Waals surface area contributed by atoms with Gasteiger partial charge in [0.25, 0.3) is 0 Å². The van der Waals surface area contributed by atoms with Crippen molar-refractivity contribution in [3.8, 4) is 11.1 Å². The Bertz CT molecular complexity index is 1260. The van der Waals surface area contributed by atoms with E-state index in [0.717, 1.165) is 53.3 Å². The first-order valence-electron chi connectivity index (χ1n) is 11.4. The normalized spacial score (nSPS) is 19.2. The Morgan fingerprint density at radius 2 is 2.06 bits per heavy atom. The molecule has 2 aromatic heterocycles. The summed E-state index contributed by atoms with van der Waals surface area (Å²) in [7, 11) is 0. The van der Waals surface area contributed by atoms with Crippen LogP contribution in [0.3, 0.4) is 0 Å². The fraction of sp³-hybridized carbons (Fsp3) is 0.400. The summed E-state index contributed by atoms with van der Waals surface area (Å²) in [5.74, 6) is 1.63. The predicted octanol–water partition coefficient (Wildman–Crippen LogP) is 4.21. The molecule has 6 rings (SSSR count). The lowest BCUT2D eigenvalue weighted by Gasteiger charge is -2.36. The van der Waals surface area contributed by atoms with Crippen molar-refractivity contribution in [2.45, 2.75) is 64.5 Å². The summed E-state index contributed by atoms with van der Waals surface area (Å²) in [5, 5.41) is 4.62. The van der Waals surface area contributed by atoms with Gasteiger partial charge in [0.15, 0.2) is 5.82 Å². The summed E-state index contributed by atoms with van der Waals surface area (Å²) in [6.07, 6.45) is 13.6. The van der Waals surface area contributed by atoms with Crippen LogP contribution in [0.15, 0.2) is 35.7 Å². The molecule has 2 aliphatic heterocycles. The number of aromatic nitrogens is 4. The fourth-order valence-corrected chi connectivity index (χ4v) is 5.04. The van der Waals surface area contributed by atoms with Gasteiger partial charge in [0, 0.05) is 61.2 Å². The van der Waals surface area contributed by atoms with Crippen LogP contribution in [0.1, 0.15) is 61.7 Å². The molecular weight excluding hydrogens is 400 g/mol. The number of amides is 1. The zero-order valence-electron chi connectivity index (χ0n) is 18.5. The van der Waals surface area contributed by atoms with E-state index in [2.05, 4.69) is 45.0 Å². The molecule has 1 atom stereocenters. The van der Waals surface area contributed by atoms with Gasteiger partial charge in [-0.25, -0.2) is 15.0 Å². The Hall–Kier alpha value is -3.35. The maximum absolute atomic E-state index is 12.5. The Morgan fingerprint density at radius 3 is 2.88 bits per heavy atom. The fourth-order valence-electron chi connectivity index (χ4n) is 5.04. The van der Waals surface area contributed by atoms with Crippen molar-refractivity contribution in [2.24, 2.45) is 4.99 Å². The van der Waals surface area contributed by atoms with Crippen LogP contribution >= 0.6 is 0 Å². The Balaban J connectivity index is 1.48. The predicted molar refractivity (Wildman–Crippen MR) is 124 cm³/mol. The Labute approximate surface area is 187 Å². The molecule has 0 unspecified atom stereocenters. The topological polar surface area (TPSA) is 76.3 Å². The van der Waals surface area contributed by atoms with Gasteiger partial charge >= 0.3 is 0 Å². The number of nitrogens with zero attached hydrogens (tertiary/aromatic N) is 6. The molecule has 7 heteroatoms. The van der Waals surface area contributed by atoms with Crippen molar-refractivity contribution in [3.63, 3.8) is 0 Å². The van der Waals surface area contributed by atoms with E-state index in [4.69, 9.17) is 4.98 Å². The molecular formula is C25H26N6O. The molecule has 0 saturated heterocycles. The van der Waals surface area contributed by atoms with E-state index in [-0.39, 0.29) is 11.9 Å². The first-order chi connectivity index (χ1) is 15.6. The van der Waals surface area contributed by atoms with E-state index in [1.165, 1.54) is 24.0 Å². The van der Waals surface area contributed by atoms with Gasteiger partial charge in [-0.3, -0.25) is 9.48 Å². The summed E-state index contributed by atoms with van der Waals surface area (Å²) < 4.78 is 2.09. The summed E-state index contributed by atoms with van der Waals surface area (Å²) >= 11 is 0. The molecule has 32 heavy (non-hydrogen) atoms. The second-order valence-electron chi connectivity index (χ2n) is 9.13. The minimum absolute atomic E-state index is 0.0850. The van der Waals surface area contributed by atoms with Crippen LogP contribution in [-0.2, 0) is 24.1 Å². The van der Waals surface area contributed by atoms with Gasteiger partial charge in [-0.05, 0) is 55.4 Å². The van der Waals surface area contributed by atoms with Gasteiger partial charge in [0.1, 0.15) is 5.82 Å². The van der Waals surface area contributed by atoms with E-state index in [0.29, 0.717) is 12.5 Å². The van der Waals surface area contributed by atoms with Crippen LogP contribution in [0.4, 0.5) is 11.5 Å². The zero-order chi connectivity index (χ0) is 21.8. The average Bonchev–Trinajstić information content (AvgIpc) is 3.32. The second kappa shape index (κ2) is 7.36. The zero-order valence-corrected chi connectivity index (χ0v) is 18.5. The number of aliphatic imine (C=N–C) groups is 1. The standard InChI is InChI=1S/C25H26N6O/c1-15-3-6-21-22(11-24-27-12-17-9-10-26-25(17)29-24)20(7-8-23(21)31(15)16(2)32)18-13-28-30(14-18)19-4-5-19/h7-8,10,12-15,19H,3-6,9,11H2,1-2H3/t15-/m0/s1. The van der Waals surface area contributed by atoms with Crippen molar-refractivity contribution in [1.82, 2.24) is 19.7 Å². The van der Waals surface area contributed by atoms with Gasteiger partial charge < -0.3 is 4.90 Å². The molecule has 3 aromatic rings. The second-order valence-corrected chi connectivity index (χ2v) is 9.13. The number of carbonyl (C=O) groups excluding carboxylic acids is 1. The Kier molecular flexibility index (Phi) is 4.45. The lowest BCUT2D eigenvalue weighted by Crippen LogP contribution is -2.41. The summed E-state index contributed by atoms with van der Waals surface area (Å²) in [4.78, 5) is 28.2. The third-order valence-corrected chi connectivity index (χ3v) is 6.84. The molecule has 1 aromatic carbocycles. The van der Waals surface area contributed by atoms with Crippen molar-refractivity contribution in [2.75, 3.05) is 4.90 Å². The monoisotopic (exact) mass is 426 g/mol. The molecule has 1 aliphatic carbocycles. The molecule has 0 bridgehead atoms. The third-order valence-electron chi connectivity index (χ3n) is 6.84. The lowest BCUT2D eigenvalue weighted by atomic mass is 9.86. The molecule has 1 fully saturated rings. The van der Waals surface area contributed by atoms with Crippen LogP contribution in [0.5, 0.6) is 0 Å². The Morgan fingerprint density at radius 1 is 1.19 bits per heavy atom. The minimum atomic E-state index is 0.0850. The third kappa shape index (κ3) is 3.23. The van der Waals surface area contributed by atoms with E-state index in [1.807, 2.05) is 23.5 Å². The highest BCUT2D eigenvalue weighted by molar-refractivity contribution is 5.94. The van der Waals surface area contributed by atoms with Crippen LogP contribution in [0.2, 0.25) is 0 Å². The maximum Gasteiger partial charge on any atom is 0.224 e. The number of carbonyl (C=O) groups is 1. The number of hydrogen-bond acceptors (Lipinski definition) is 5. The molecule has 162 valence electrons. The smallest absolute Gasteiger partial charge is 0.224 e. The minimum Gasteiger partial charge on any atom is -0.310 e. The van der Waals surface area contributed by atoms with Crippen molar-refractivity contribution >= 4 is 23.6 Å². The van der Waals surface area contributed by atoms with E-state index < -0.39 is 0 Å². The van der Waals surface area contributed by atoms with Crippen molar-refractivity contribution in [3.05, 3.63) is 53.2 Å². The van der Waals surface area contributed by atoms with Gasteiger partial charge in [-0.2, -0.15) is 5.10 Å². The van der Waals surface area contributed by atoms with Crippen LogP contribution in [-0.4, -0.2) is 37.9 Å². The maximum atomic E-state index is 12.5. The number of benzene rings is 1. The number of hydrogen-bond donors (Lipinski definition) is 0. The van der Waals surface area contributed by atoms with Crippen LogP contribution in [0, 0.1) is 0 Å². The summed E-state index contributed by atoms with van der Waals surface area (Å²) in [6.45, 7) is 3.78. The molecule has 3 aliphatic rings. The molecule has 0 N–H and O–H groups in total. The molecule has 4 heterocycles. The van der Waals surface area contributed by atoms with Crippen molar-refractivity contribution < 1.29 is 4.79 Å². The SMILES string of the molecule is CC(=O)N1c2ccc(-c3cnn(C4CC4)c3)c(Cc3ncc4c(n3)N=CC4)c2CC[C@@H]1C. The first kappa shape index (κ1) is 19.3. The summed E-state index contributed by atoms with van der Waals surface area (Å²) in [6, 6.07) is 4.98. The highest BCUT2D eigenvalue weighted by atomic mass is 16.2. The largest absolute Gasteiger partial charge is 0.310 e. The summed E-state index contributed by atoms with van der Waals surface area (Å²) in [5.41, 5.74) is 6.78. The number of anilines is 1. The van der Waals surface area contributed by atoms with E-state index in [1.54, 1.807) is 6.92 Å². The first-order valence-corrected chi connectivity index (χ1v) is 11.4. The number of rotatable bonds is 4. The molecule has 0 radical (unpaired) electrons. The lowest BCUT2D eigenvalue weighted by molar-refractivity contribution is -0.117. The average molecular weight is 427 g/mol. The van der Waals surface area contributed by atoms with Crippen molar-refractivity contribution in [1.29, 1.82) is 0 Å².